The molecule has 0 radical (unpaired) electrons. The van der Waals surface area contributed by atoms with Gasteiger partial charge >= 0.3 is 0 Å². The molecule has 2 aromatic heterocycles. The van der Waals surface area contributed by atoms with E-state index < -0.39 is 0 Å². The van der Waals surface area contributed by atoms with Crippen molar-refractivity contribution in [2.45, 2.75) is 51.4 Å². The Balaban J connectivity index is 1.78. The van der Waals surface area contributed by atoms with E-state index in [-0.39, 0.29) is 0 Å². The van der Waals surface area contributed by atoms with Gasteiger partial charge in [-0.15, -0.1) is 0 Å². The molecule has 24 heavy (non-hydrogen) atoms. The maximum atomic E-state index is 4.35. The number of likely N-dealkylation sites (N-methyl/N-ethyl adjacent to an activating group) is 1. The van der Waals surface area contributed by atoms with Crippen molar-refractivity contribution in [1.82, 2.24) is 24.6 Å². The van der Waals surface area contributed by atoms with E-state index in [9.17, 15) is 0 Å². The maximum Gasteiger partial charge on any atom is 0.0522 e. The standard InChI is InChI=1S/C19H29N5/c1-15(2)23(4)18-7-10-24(14-16-5-8-20-9-6-16)19(18)11-17-12-21-22(3)13-17/h5-6,8-9,12-13,15,18-19H,7,10-11,14H2,1-4H3/t18-,19+/m1/s1. The van der Waals surface area contributed by atoms with Gasteiger partial charge in [-0.2, -0.15) is 5.10 Å². The number of aryl methyl sites for hydroxylation is 1. The topological polar surface area (TPSA) is 37.2 Å². The highest BCUT2D eigenvalue weighted by Gasteiger charge is 2.37. The molecule has 0 N–H and O–H groups in total. The summed E-state index contributed by atoms with van der Waals surface area (Å²) in [6.45, 7) is 6.71. The molecule has 0 aromatic carbocycles. The van der Waals surface area contributed by atoms with Crippen molar-refractivity contribution >= 4 is 0 Å². The summed E-state index contributed by atoms with van der Waals surface area (Å²) in [5.41, 5.74) is 2.67. The lowest BCUT2D eigenvalue weighted by Gasteiger charge is -2.35. The van der Waals surface area contributed by atoms with Gasteiger partial charge in [0.05, 0.1) is 6.20 Å². The summed E-state index contributed by atoms with van der Waals surface area (Å²) in [5, 5.41) is 4.35. The third-order valence-electron chi connectivity index (χ3n) is 5.30. The molecule has 1 saturated heterocycles. The number of nitrogens with zero attached hydrogens (tertiary/aromatic N) is 5. The Hall–Kier alpha value is -1.72. The molecule has 1 fully saturated rings. The summed E-state index contributed by atoms with van der Waals surface area (Å²) < 4.78 is 1.90. The Morgan fingerprint density at radius 3 is 2.62 bits per heavy atom. The molecule has 130 valence electrons. The summed E-state index contributed by atoms with van der Waals surface area (Å²) in [6.07, 6.45) is 10.2. The zero-order valence-electron chi connectivity index (χ0n) is 15.3. The highest BCUT2D eigenvalue weighted by molar-refractivity contribution is 5.13. The van der Waals surface area contributed by atoms with Crippen LogP contribution in [0.2, 0.25) is 0 Å². The Bertz CT molecular complexity index is 636. The predicted octanol–water partition coefficient (Wildman–Crippen LogP) is 2.34. The molecule has 2 atom stereocenters. The molecular weight excluding hydrogens is 298 g/mol. The quantitative estimate of drug-likeness (QED) is 0.816. The van der Waals surface area contributed by atoms with Crippen LogP contribution < -0.4 is 0 Å². The summed E-state index contributed by atoms with van der Waals surface area (Å²) in [4.78, 5) is 9.30. The van der Waals surface area contributed by atoms with Crippen molar-refractivity contribution < 1.29 is 0 Å². The third-order valence-corrected chi connectivity index (χ3v) is 5.30. The van der Waals surface area contributed by atoms with Crippen molar-refractivity contribution in [3.05, 3.63) is 48.0 Å². The van der Waals surface area contributed by atoms with E-state index in [2.05, 4.69) is 59.1 Å². The number of hydrogen-bond acceptors (Lipinski definition) is 4. The van der Waals surface area contributed by atoms with Crippen molar-refractivity contribution in [3.8, 4) is 0 Å². The monoisotopic (exact) mass is 327 g/mol. The average Bonchev–Trinajstić information content (AvgIpc) is 3.15. The minimum absolute atomic E-state index is 0.523. The minimum Gasteiger partial charge on any atom is -0.299 e. The summed E-state index contributed by atoms with van der Waals surface area (Å²) in [7, 11) is 4.26. The van der Waals surface area contributed by atoms with Crippen molar-refractivity contribution in [2.24, 2.45) is 7.05 Å². The highest BCUT2D eigenvalue weighted by Crippen LogP contribution is 2.28. The van der Waals surface area contributed by atoms with E-state index in [1.54, 1.807) is 0 Å². The Labute approximate surface area is 145 Å². The second-order valence-electron chi connectivity index (χ2n) is 7.23. The van der Waals surface area contributed by atoms with Crippen LogP contribution in [0.15, 0.2) is 36.9 Å². The molecule has 0 unspecified atom stereocenters. The molecule has 0 spiro atoms. The lowest BCUT2D eigenvalue weighted by molar-refractivity contribution is 0.135. The van der Waals surface area contributed by atoms with Crippen LogP contribution >= 0.6 is 0 Å². The molecule has 3 heterocycles. The van der Waals surface area contributed by atoms with Crippen LogP contribution in [-0.4, -0.2) is 56.3 Å². The van der Waals surface area contributed by atoms with Crippen LogP contribution in [-0.2, 0) is 20.0 Å². The molecule has 3 rings (SSSR count). The van der Waals surface area contributed by atoms with Crippen LogP contribution in [0, 0.1) is 0 Å². The van der Waals surface area contributed by atoms with Crippen LogP contribution in [0.4, 0.5) is 0 Å². The lowest BCUT2D eigenvalue weighted by atomic mass is 9.99. The summed E-state index contributed by atoms with van der Waals surface area (Å²) in [6, 6.07) is 5.93. The van der Waals surface area contributed by atoms with Crippen LogP contribution in [0.1, 0.15) is 31.4 Å². The fourth-order valence-electron chi connectivity index (χ4n) is 3.76. The highest BCUT2D eigenvalue weighted by atomic mass is 15.3. The summed E-state index contributed by atoms with van der Waals surface area (Å²) in [5.74, 6) is 0. The number of aromatic nitrogens is 3. The average molecular weight is 327 g/mol. The normalized spacial score (nSPS) is 21.9. The molecule has 0 aliphatic carbocycles. The van der Waals surface area contributed by atoms with E-state index >= 15 is 0 Å². The van der Waals surface area contributed by atoms with Crippen LogP contribution in [0.5, 0.6) is 0 Å². The first-order valence-electron chi connectivity index (χ1n) is 8.87. The number of hydrogen-bond donors (Lipinski definition) is 0. The van der Waals surface area contributed by atoms with Crippen molar-refractivity contribution in [3.63, 3.8) is 0 Å². The molecule has 2 aromatic rings. The Morgan fingerprint density at radius 1 is 1.25 bits per heavy atom. The van der Waals surface area contributed by atoms with E-state index in [4.69, 9.17) is 0 Å². The van der Waals surface area contributed by atoms with Gasteiger partial charge in [-0.3, -0.25) is 19.5 Å². The van der Waals surface area contributed by atoms with E-state index in [0.29, 0.717) is 18.1 Å². The van der Waals surface area contributed by atoms with Gasteiger partial charge in [-0.1, -0.05) is 0 Å². The Morgan fingerprint density at radius 2 is 2.00 bits per heavy atom. The third kappa shape index (κ3) is 3.84. The maximum absolute atomic E-state index is 4.35. The number of rotatable bonds is 6. The number of likely N-dealkylation sites (tertiary alicyclic amines) is 1. The fraction of sp³-hybridized carbons (Fsp3) is 0.579. The first-order chi connectivity index (χ1) is 11.5. The van der Waals surface area contributed by atoms with Crippen molar-refractivity contribution in [1.29, 1.82) is 0 Å². The lowest BCUT2D eigenvalue weighted by Crippen LogP contribution is -2.47. The molecule has 5 heteroatoms. The fourth-order valence-corrected chi connectivity index (χ4v) is 3.76. The zero-order chi connectivity index (χ0) is 17.1. The van der Waals surface area contributed by atoms with Gasteiger partial charge in [0.2, 0.25) is 0 Å². The van der Waals surface area contributed by atoms with Gasteiger partial charge in [0.1, 0.15) is 0 Å². The minimum atomic E-state index is 0.523. The van der Waals surface area contributed by atoms with Gasteiger partial charge < -0.3 is 0 Å². The smallest absolute Gasteiger partial charge is 0.0522 e. The Kier molecular flexibility index (Phi) is 5.31. The molecule has 1 aliphatic rings. The zero-order valence-corrected chi connectivity index (χ0v) is 15.3. The predicted molar refractivity (Wildman–Crippen MR) is 96.7 cm³/mol. The van der Waals surface area contributed by atoms with Gasteiger partial charge in [0, 0.05) is 56.9 Å². The largest absolute Gasteiger partial charge is 0.299 e. The first kappa shape index (κ1) is 17.1. The van der Waals surface area contributed by atoms with E-state index in [0.717, 1.165) is 19.5 Å². The first-order valence-corrected chi connectivity index (χ1v) is 8.87. The molecule has 5 nitrogen and oxygen atoms in total. The molecule has 1 aliphatic heterocycles. The molecular formula is C19H29N5. The molecule has 0 saturated carbocycles. The molecule has 0 bridgehead atoms. The second-order valence-corrected chi connectivity index (χ2v) is 7.23. The van der Waals surface area contributed by atoms with Crippen LogP contribution in [0.25, 0.3) is 0 Å². The SMILES string of the molecule is CC(C)N(C)[C@@H]1CCN(Cc2ccncc2)[C@H]1Cc1cnn(C)c1. The van der Waals surface area contributed by atoms with Gasteiger partial charge in [0.25, 0.3) is 0 Å². The van der Waals surface area contributed by atoms with Crippen molar-refractivity contribution in [2.75, 3.05) is 13.6 Å². The van der Waals surface area contributed by atoms with Gasteiger partial charge in [0.15, 0.2) is 0 Å². The van der Waals surface area contributed by atoms with Gasteiger partial charge in [-0.25, -0.2) is 0 Å². The summed E-state index contributed by atoms with van der Waals surface area (Å²) >= 11 is 0. The van der Waals surface area contributed by atoms with E-state index in [1.807, 2.05) is 30.3 Å². The van der Waals surface area contributed by atoms with Crippen LogP contribution in [0.3, 0.4) is 0 Å². The van der Waals surface area contributed by atoms with E-state index in [1.165, 1.54) is 17.5 Å². The van der Waals surface area contributed by atoms with Gasteiger partial charge in [-0.05, 0) is 57.0 Å². The second kappa shape index (κ2) is 7.45. The molecule has 0 amide bonds. The number of pyridine rings is 1.